The summed E-state index contributed by atoms with van der Waals surface area (Å²) in [6, 6.07) is 6.71. The third kappa shape index (κ3) is 2.70. The summed E-state index contributed by atoms with van der Waals surface area (Å²) >= 11 is 0. The summed E-state index contributed by atoms with van der Waals surface area (Å²) in [5, 5.41) is 1.74. The smallest absolute Gasteiger partial charge is 0.194 e. The van der Waals surface area contributed by atoms with Gasteiger partial charge in [-0.1, -0.05) is 35.9 Å². The Morgan fingerprint density at radius 1 is 1.00 bits per heavy atom. The van der Waals surface area contributed by atoms with Crippen molar-refractivity contribution in [2.24, 2.45) is 0 Å². The molecule has 2 rings (SSSR count). The van der Waals surface area contributed by atoms with E-state index >= 15 is 0 Å². The van der Waals surface area contributed by atoms with Gasteiger partial charge in [0.2, 0.25) is 0 Å². The molecule has 18 heavy (non-hydrogen) atoms. The van der Waals surface area contributed by atoms with Crippen LogP contribution in [0.4, 0.5) is 0 Å². The molecule has 0 aliphatic carbocycles. The van der Waals surface area contributed by atoms with Gasteiger partial charge in [-0.15, -0.1) is 0 Å². The number of hydrogen-bond acceptors (Lipinski definition) is 4. The highest BCUT2D eigenvalue weighted by Gasteiger charge is 2.23. The van der Waals surface area contributed by atoms with Crippen molar-refractivity contribution in [2.75, 3.05) is 5.75 Å². The van der Waals surface area contributed by atoms with Gasteiger partial charge in [-0.3, -0.25) is 0 Å². The Labute approximate surface area is 106 Å². The minimum atomic E-state index is -3.62. The van der Waals surface area contributed by atoms with Gasteiger partial charge in [-0.25, -0.2) is 16.8 Å². The summed E-state index contributed by atoms with van der Waals surface area (Å²) in [7, 11) is -7.22. The zero-order valence-electron chi connectivity index (χ0n) is 9.70. The minimum absolute atomic E-state index is 0.146. The van der Waals surface area contributed by atoms with E-state index in [9.17, 15) is 16.8 Å². The zero-order chi connectivity index (χ0) is 13.4. The SMILES string of the molecule is Cc1ccc(C2=CS(=O)(=O)C=CCS2(=O)=O)cc1. The first-order valence-corrected chi connectivity index (χ1v) is 8.49. The Balaban J connectivity index is 2.66. The average molecular weight is 284 g/mol. The van der Waals surface area contributed by atoms with Crippen LogP contribution in [0.25, 0.3) is 4.91 Å². The largest absolute Gasteiger partial charge is 0.223 e. The fourth-order valence-corrected chi connectivity index (χ4v) is 4.63. The standard InChI is InChI=1S/C12H12O4S2/c1-10-3-5-11(6-4-10)12-9-17(13,14)7-2-8-18(12,15)16/h2-7,9H,8H2,1H3. The molecule has 0 saturated carbocycles. The predicted molar refractivity (Wildman–Crippen MR) is 71.0 cm³/mol. The van der Waals surface area contributed by atoms with Crippen LogP contribution in [-0.4, -0.2) is 22.6 Å². The van der Waals surface area contributed by atoms with E-state index in [1.165, 1.54) is 0 Å². The molecular formula is C12H12O4S2. The van der Waals surface area contributed by atoms with Crippen LogP contribution in [0.15, 0.2) is 41.2 Å². The maximum absolute atomic E-state index is 12.0. The topological polar surface area (TPSA) is 68.3 Å². The van der Waals surface area contributed by atoms with Crippen molar-refractivity contribution in [3.8, 4) is 0 Å². The number of benzene rings is 1. The van der Waals surface area contributed by atoms with Crippen molar-refractivity contribution in [3.63, 3.8) is 0 Å². The van der Waals surface area contributed by atoms with E-state index in [0.717, 1.165) is 22.5 Å². The molecule has 0 saturated heterocycles. The first-order valence-electron chi connectivity index (χ1n) is 5.23. The molecule has 1 heterocycles. The highest BCUT2D eigenvalue weighted by molar-refractivity contribution is 8.04. The molecule has 0 fully saturated rings. The van der Waals surface area contributed by atoms with Gasteiger partial charge >= 0.3 is 0 Å². The molecule has 0 radical (unpaired) electrons. The zero-order valence-corrected chi connectivity index (χ0v) is 11.3. The maximum atomic E-state index is 12.0. The average Bonchev–Trinajstić information content (AvgIpc) is 2.36. The minimum Gasteiger partial charge on any atom is -0.223 e. The second-order valence-corrected chi connectivity index (χ2v) is 7.78. The Kier molecular flexibility index (Phi) is 3.16. The van der Waals surface area contributed by atoms with Crippen LogP contribution in [0.3, 0.4) is 0 Å². The van der Waals surface area contributed by atoms with Crippen LogP contribution in [0, 0.1) is 6.92 Å². The third-order valence-electron chi connectivity index (χ3n) is 2.54. The van der Waals surface area contributed by atoms with Gasteiger partial charge in [0.25, 0.3) is 0 Å². The molecule has 0 N–H and O–H groups in total. The Hall–Kier alpha value is -1.40. The lowest BCUT2D eigenvalue weighted by atomic mass is 10.1. The number of sulfone groups is 2. The number of rotatable bonds is 1. The molecule has 0 spiro atoms. The molecule has 1 aromatic rings. The van der Waals surface area contributed by atoms with Gasteiger partial charge in [0, 0.05) is 5.41 Å². The molecule has 0 bridgehead atoms. The first-order chi connectivity index (χ1) is 8.30. The van der Waals surface area contributed by atoms with E-state index < -0.39 is 19.7 Å². The Morgan fingerprint density at radius 3 is 2.22 bits per heavy atom. The van der Waals surface area contributed by atoms with Gasteiger partial charge in [-0.2, -0.15) is 0 Å². The van der Waals surface area contributed by atoms with E-state index in [1.54, 1.807) is 24.3 Å². The van der Waals surface area contributed by atoms with Crippen LogP contribution in [0.2, 0.25) is 0 Å². The van der Waals surface area contributed by atoms with Crippen molar-refractivity contribution >= 4 is 24.6 Å². The monoisotopic (exact) mass is 284 g/mol. The number of aryl methyl sites for hydroxylation is 1. The van der Waals surface area contributed by atoms with E-state index in [4.69, 9.17) is 0 Å². The van der Waals surface area contributed by atoms with Crippen molar-refractivity contribution < 1.29 is 16.8 Å². The van der Waals surface area contributed by atoms with Crippen LogP contribution in [-0.2, 0) is 19.7 Å². The predicted octanol–water partition coefficient (Wildman–Crippen LogP) is 1.65. The van der Waals surface area contributed by atoms with Gasteiger partial charge in [-0.05, 0) is 12.5 Å². The summed E-state index contributed by atoms with van der Waals surface area (Å²) < 4.78 is 47.1. The van der Waals surface area contributed by atoms with Crippen LogP contribution < -0.4 is 0 Å². The van der Waals surface area contributed by atoms with Gasteiger partial charge < -0.3 is 0 Å². The molecule has 0 atom stereocenters. The first kappa shape index (κ1) is 13.0. The molecule has 0 aromatic heterocycles. The van der Waals surface area contributed by atoms with Gasteiger partial charge in [0.05, 0.1) is 16.1 Å². The summed E-state index contributed by atoms with van der Waals surface area (Å²) in [6.45, 7) is 1.87. The summed E-state index contributed by atoms with van der Waals surface area (Å²) in [4.78, 5) is -0.146. The van der Waals surface area contributed by atoms with Crippen molar-refractivity contribution in [3.05, 3.63) is 52.3 Å². The second-order valence-electron chi connectivity index (χ2n) is 4.09. The van der Waals surface area contributed by atoms with E-state index in [0.29, 0.717) is 5.56 Å². The summed E-state index contributed by atoms with van der Waals surface area (Å²) in [5.74, 6) is -0.300. The summed E-state index contributed by atoms with van der Waals surface area (Å²) in [5.41, 5.74) is 1.37. The third-order valence-corrected chi connectivity index (χ3v) is 5.48. The summed E-state index contributed by atoms with van der Waals surface area (Å²) in [6.07, 6.45) is 1.16. The Bertz CT molecular complexity index is 721. The highest BCUT2D eigenvalue weighted by atomic mass is 32.2. The molecule has 1 aliphatic heterocycles. The molecule has 1 aromatic carbocycles. The van der Waals surface area contributed by atoms with E-state index in [2.05, 4.69) is 0 Å². The molecule has 6 heteroatoms. The van der Waals surface area contributed by atoms with Crippen molar-refractivity contribution in [1.29, 1.82) is 0 Å². The highest BCUT2D eigenvalue weighted by Crippen LogP contribution is 2.26. The normalized spacial score (nSPS) is 21.1. The van der Waals surface area contributed by atoms with Crippen LogP contribution >= 0.6 is 0 Å². The molecule has 0 amide bonds. The van der Waals surface area contributed by atoms with Crippen LogP contribution in [0.5, 0.6) is 0 Å². The molecule has 96 valence electrons. The quantitative estimate of drug-likeness (QED) is 0.786. The second kappa shape index (κ2) is 4.37. The van der Waals surface area contributed by atoms with Crippen LogP contribution in [0.1, 0.15) is 11.1 Å². The van der Waals surface area contributed by atoms with Gasteiger partial charge in [0.15, 0.2) is 19.7 Å². The lowest BCUT2D eigenvalue weighted by Crippen LogP contribution is -2.06. The molecule has 4 nitrogen and oxygen atoms in total. The molecular weight excluding hydrogens is 272 g/mol. The number of hydrogen-bond donors (Lipinski definition) is 0. The lowest BCUT2D eigenvalue weighted by Gasteiger charge is -2.06. The fourth-order valence-electron chi connectivity index (χ4n) is 1.62. The van der Waals surface area contributed by atoms with E-state index in [-0.39, 0.29) is 10.7 Å². The maximum Gasteiger partial charge on any atom is 0.194 e. The Morgan fingerprint density at radius 2 is 1.61 bits per heavy atom. The molecule has 0 unspecified atom stereocenters. The lowest BCUT2D eigenvalue weighted by molar-refractivity contribution is 0.607. The van der Waals surface area contributed by atoms with E-state index in [1.807, 2.05) is 6.92 Å². The fraction of sp³-hybridized carbons (Fsp3) is 0.167. The van der Waals surface area contributed by atoms with Crippen molar-refractivity contribution in [1.82, 2.24) is 0 Å². The van der Waals surface area contributed by atoms with Crippen molar-refractivity contribution in [2.45, 2.75) is 6.92 Å². The van der Waals surface area contributed by atoms with Gasteiger partial charge in [0.1, 0.15) is 0 Å². The molecule has 1 aliphatic rings.